The summed E-state index contributed by atoms with van der Waals surface area (Å²) in [5, 5.41) is 3.30. The molecule has 0 unspecified atom stereocenters. The molecular weight excluding hydrogens is 403 g/mol. The van der Waals surface area contributed by atoms with E-state index in [1.54, 1.807) is 24.3 Å². The number of amides is 1. The number of carbonyl (C=O) groups excluding carboxylic acids is 1. The zero-order chi connectivity index (χ0) is 18.2. The summed E-state index contributed by atoms with van der Waals surface area (Å²) in [5.74, 6) is -0.353. The summed E-state index contributed by atoms with van der Waals surface area (Å²) in [7, 11) is -3.74. The van der Waals surface area contributed by atoms with Gasteiger partial charge in [-0.1, -0.05) is 29.3 Å². The van der Waals surface area contributed by atoms with E-state index in [1.807, 2.05) is 6.92 Å². The molecule has 9 heteroatoms. The third-order valence-corrected chi connectivity index (χ3v) is 7.92. The molecule has 5 nitrogen and oxygen atoms in total. The number of benzene rings is 1. The molecule has 3 rings (SSSR count). The number of carbonyl (C=O) groups is 1. The van der Waals surface area contributed by atoms with Gasteiger partial charge in [-0.2, -0.15) is 4.31 Å². The first-order chi connectivity index (χ1) is 11.8. The van der Waals surface area contributed by atoms with Gasteiger partial charge in [0.2, 0.25) is 5.91 Å². The van der Waals surface area contributed by atoms with E-state index in [0.717, 1.165) is 16.9 Å². The highest BCUT2D eigenvalue weighted by molar-refractivity contribution is 7.91. The first kappa shape index (κ1) is 18.7. The average Bonchev–Trinajstić information content (AvgIpc) is 3.20. The van der Waals surface area contributed by atoms with Gasteiger partial charge in [0.05, 0.1) is 4.34 Å². The van der Waals surface area contributed by atoms with Crippen LogP contribution in [0.4, 0.5) is 5.69 Å². The number of thiophene rings is 1. The summed E-state index contributed by atoms with van der Waals surface area (Å²) < 4.78 is 27.4. The molecule has 0 aliphatic carbocycles. The van der Waals surface area contributed by atoms with Crippen LogP contribution in [-0.4, -0.2) is 31.2 Å². The van der Waals surface area contributed by atoms with E-state index in [-0.39, 0.29) is 10.1 Å². The van der Waals surface area contributed by atoms with Gasteiger partial charge >= 0.3 is 0 Å². The number of hydrogen-bond acceptors (Lipinski definition) is 4. The molecule has 134 valence electrons. The number of aryl methyl sites for hydroxylation is 1. The normalized spacial score (nSPS) is 18.4. The van der Waals surface area contributed by atoms with Gasteiger partial charge in [-0.15, -0.1) is 11.3 Å². The van der Waals surface area contributed by atoms with Gasteiger partial charge < -0.3 is 5.32 Å². The monoisotopic (exact) mass is 418 g/mol. The predicted octanol–water partition coefficient (Wildman–Crippen LogP) is 4.16. The Morgan fingerprint density at radius 3 is 2.72 bits per heavy atom. The van der Waals surface area contributed by atoms with Crippen molar-refractivity contribution in [3.05, 3.63) is 45.3 Å². The molecule has 1 fully saturated rings. The zero-order valence-electron chi connectivity index (χ0n) is 13.3. The molecule has 0 spiro atoms. The van der Waals surface area contributed by atoms with Gasteiger partial charge in [-0.3, -0.25) is 4.79 Å². The predicted molar refractivity (Wildman–Crippen MR) is 101 cm³/mol. The van der Waals surface area contributed by atoms with E-state index >= 15 is 0 Å². The topological polar surface area (TPSA) is 66.5 Å². The van der Waals surface area contributed by atoms with Gasteiger partial charge in [0.15, 0.2) is 0 Å². The van der Waals surface area contributed by atoms with Crippen LogP contribution in [-0.2, 0) is 14.8 Å². The Bertz CT molecular complexity index is 912. The number of halogens is 2. The summed E-state index contributed by atoms with van der Waals surface area (Å²) in [5.41, 5.74) is 1.44. The molecule has 1 saturated heterocycles. The molecule has 0 radical (unpaired) electrons. The standard InChI is InChI=1S/C16H16Cl2N2O3S2/c1-10-4-5-11(17)9-12(10)19-16(21)13-3-2-8-20(13)25(22,23)15-7-6-14(18)24-15/h4-7,9,13H,2-3,8H2,1H3,(H,19,21)/t13-/m1/s1. The molecule has 2 aromatic rings. The van der Waals surface area contributed by atoms with Crippen molar-refractivity contribution in [3.8, 4) is 0 Å². The number of rotatable bonds is 4. The largest absolute Gasteiger partial charge is 0.324 e. The van der Waals surface area contributed by atoms with E-state index < -0.39 is 16.1 Å². The van der Waals surface area contributed by atoms with Gasteiger partial charge in [-0.05, 0) is 49.6 Å². The molecule has 1 N–H and O–H groups in total. The van der Waals surface area contributed by atoms with E-state index in [1.165, 1.54) is 10.4 Å². The second-order valence-electron chi connectivity index (χ2n) is 5.78. The van der Waals surface area contributed by atoms with Crippen molar-refractivity contribution in [3.63, 3.8) is 0 Å². The van der Waals surface area contributed by atoms with Crippen LogP contribution in [0.15, 0.2) is 34.5 Å². The number of anilines is 1. The molecule has 1 aromatic carbocycles. The smallest absolute Gasteiger partial charge is 0.253 e. The third-order valence-electron chi connectivity index (χ3n) is 4.08. The first-order valence-electron chi connectivity index (χ1n) is 7.63. The van der Waals surface area contributed by atoms with Crippen molar-refractivity contribution in [2.45, 2.75) is 30.0 Å². The van der Waals surface area contributed by atoms with Crippen molar-refractivity contribution in [2.24, 2.45) is 0 Å². The Hall–Kier alpha value is -1.12. The Morgan fingerprint density at radius 1 is 1.28 bits per heavy atom. The van der Waals surface area contributed by atoms with Crippen molar-refractivity contribution in [2.75, 3.05) is 11.9 Å². The minimum absolute atomic E-state index is 0.149. The van der Waals surface area contributed by atoms with Gasteiger partial charge in [-0.25, -0.2) is 8.42 Å². The minimum Gasteiger partial charge on any atom is -0.324 e. The van der Waals surface area contributed by atoms with Crippen molar-refractivity contribution in [1.29, 1.82) is 0 Å². The lowest BCUT2D eigenvalue weighted by molar-refractivity contribution is -0.119. The summed E-state index contributed by atoms with van der Waals surface area (Å²) in [6.07, 6.45) is 1.11. The molecule has 1 aromatic heterocycles. The van der Waals surface area contributed by atoms with Crippen LogP contribution in [0.1, 0.15) is 18.4 Å². The van der Waals surface area contributed by atoms with E-state index in [4.69, 9.17) is 23.2 Å². The number of hydrogen-bond donors (Lipinski definition) is 1. The van der Waals surface area contributed by atoms with Crippen molar-refractivity contribution < 1.29 is 13.2 Å². The van der Waals surface area contributed by atoms with Crippen LogP contribution < -0.4 is 5.32 Å². The second kappa shape index (κ2) is 7.25. The lowest BCUT2D eigenvalue weighted by atomic mass is 10.1. The molecule has 1 aliphatic heterocycles. The molecule has 1 aliphatic rings. The fourth-order valence-corrected chi connectivity index (χ4v) is 6.23. The fourth-order valence-electron chi connectivity index (χ4n) is 2.79. The molecular formula is C16H16Cl2N2O3S2. The van der Waals surface area contributed by atoms with Crippen LogP contribution in [0.25, 0.3) is 0 Å². The summed E-state index contributed by atoms with van der Waals surface area (Å²) >= 11 is 12.8. The molecule has 2 heterocycles. The SMILES string of the molecule is Cc1ccc(Cl)cc1NC(=O)[C@H]1CCCN1S(=O)(=O)c1ccc(Cl)s1. The summed E-state index contributed by atoms with van der Waals surface area (Å²) in [6, 6.07) is 7.45. The van der Waals surface area contributed by atoms with Crippen molar-refractivity contribution in [1.82, 2.24) is 4.31 Å². The van der Waals surface area contributed by atoms with Crippen LogP contribution in [0, 0.1) is 6.92 Å². The average molecular weight is 419 g/mol. The zero-order valence-corrected chi connectivity index (χ0v) is 16.5. The summed E-state index contributed by atoms with van der Waals surface area (Å²) in [4.78, 5) is 12.7. The molecule has 0 bridgehead atoms. The maximum atomic E-state index is 12.8. The second-order valence-corrected chi connectivity index (χ2v) is 10.0. The third kappa shape index (κ3) is 3.85. The molecule has 1 atom stereocenters. The van der Waals surface area contributed by atoms with E-state index in [0.29, 0.717) is 34.4 Å². The van der Waals surface area contributed by atoms with Crippen LogP contribution in [0.5, 0.6) is 0 Å². The highest BCUT2D eigenvalue weighted by Crippen LogP contribution is 2.32. The van der Waals surface area contributed by atoms with Gasteiger partial charge in [0.1, 0.15) is 10.3 Å². The maximum Gasteiger partial charge on any atom is 0.253 e. The Balaban J connectivity index is 1.84. The lowest BCUT2D eigenvalue weighted by Gasteiger charge is -2.23. The summed E-state index contributed by atoms with van der Waals surface area (Å²) in [6.45, 7) is 2.16. The lowest BCUT2D eigenvalue weighted by Crippen LogP contribution is -2.42. The Kier molecular flexibility index (Phi) is 5.41. The highest BCUT2D eigenvalue weighted by atomic mass is 35.5. The fraction of sp³-hybridized carbons (Fsp3) is 0.312. The van der Waals surface area contributed by atoms with Gasteiger partial charge in [0.25, 0.3) is 10.0 Å². The number of nitrogens with one attached hydrogen (secondary N) is 1. The quantitative estimate of drug-likeness (QED) is 0.810. The Labute approximate surface area is 160 Å². The van der Waals surface area contributed by atoms with E-state index in [9.17, 15) is 13.2 Å². The first-order valence-corrected chi connectivity index (χ1v) is 10.6. The molecule has 0 saturated carbocycles. The van der Waals surface area contributed by atoms with Crippen LogP contribution >= 0.6 is 34.5 Å². The van der Waals surface area contributed by atoms with Crippen molar-refractivity contribution >= 4 is 56.2 Å². The number of nitrogens with zero attached hydrogens (tertiary/aromatic N) is 1. The van der Waals surface area contributed by atoms with Crippen LogP contribution in [0.2, 0.25) is 9.36 Å². The molecule has 1 amide bonds. The maximum absolute atomic E-state index is 12.8. The van der Waals surface area contributed by atoms with Gasteiger partial charge in [0, 0.05) is 17.3 Å². The molecule has 25 heavy (non-hydrogen) atoms. The van der Waals surface area contributed by atoms with E-state index in [2.05, 4.69) is 5.32 Å². The highest BCUT2D eigenvalue weighted by Gasteiger charge is 2.40. The Morgan fingerprint density at radius 2 is 2.04 bits per heavy atom. The number of sulfonamides is 1. The van der Waals surface area contributed by atoms with Crippen LogP contribution in [0.3, 0.4) is 0 Å². The minimum atomic E-state index is -3.74.